The summed E-state index contributed by atoms with van der Waals surface area (Å²) in [6.45, 7) is 12.5. The molecule has 0 unspecified atom stereocenters. The van der Waals surface area contributed by atoms with Crippen LogP contribution in [0.25, 0.3) is 0 Å². The maximum Gasteiger partial charge on any atom is 0.251 e. The highest BCUT2D eigenvalue weighted by Gasteiger charge is 2.18. The predicted molar refractivity (Wildman–Crippen MR) is 115 cm³/mol. The monoisotopic (exact) mass is 416 g/mol. The van der Waals surface area contributed by atoms with Crippen LogP contribution in [0.3, 0.4) is 0 Å². The summed E-state index contributed by atoms with van der Waals surface area (Å²) in [5, 5.41) is 15.4. The van der Waals surface area contributed by atoms with Crippen LogP contribution >= 0.6 is 11.6 Å². The van der Waals surface area contributed by atoms with Crippen LogP contribution in [-0.2, 0) is 11.3 Å². The Balaban J connectivity index is 2.16. The van der Waals surface area contributed by atoms with Crippen molar-refractivity contribution in [3.63, 3.8) is 0 Å². The van der Waals surface area contributed by atoms with Crippen LogP contribution in [0.2, 0.25) is 5.02 Å². The normalized spacial score (nSPS) is 18.3. The number of nitriles is 1. The molecule has 1 fully saturated rings. The van der Waals surface area contributed by atoms with Gasteiger partial charge in [-0.25, -0.2) is 4.39 Å². The molecule has 2 N–H and O–H groups in total. The number of piperazine rings is 1. The molecule has 1 atom stereocenters. The summed E-state index contributed by atoms with van der Waals surface area (Å²) in [4.78, 5) is 14.8. The Morgan fingerprint density at radius 2 is 2.24 bits per heavy atom. The van der Waals surface area contributed by atoms with Gasteiger partial charge in [0.1, 0.15) is 11.9 Å². The number of benzene rings is 1. The highest BCUT2D eigenvalue weighted by molar-refractivity contribution is 6.31. The van der Waals surface area contributed by atoms with E-state index in [1.54, 1.807) is 19.1 Å². The zero-order valence-corrected chi connectivity index (χ0v) is 17.7. The van der Waals surface area contributed by atoms with Crippen LogP contribution in [0, 0.1) is 18.3 Å². The van der Waals surface area contributed by atoms with Gasteiger partial charge in [0.15, 0.2) is 0 Å². The van der Waals surface area contributed by atoms with Gasteiger partial charge >= 0.3 is 0 Å². The van der Waals surface area contributed by atoms with Crippen molar-refractivity contribution in [3.05, 3.63) is 64.0 Å². The third kappa shape index (κ3) is 6.53. The van der Waals surface area contributed by atoms with Crippen molar-refractivity contribution in [2.24, 2.45) is 0 Å². The summed E-state index contributed by atoms with van der Waals surface area (Å²) in [6, 6.07) is 5.69. The molecule has 1 saturated heterocycles. The van der Waals surface area contributed by atoms with Gasteiger partial charge in [0, 0.05) is 48.5 Å². The molecule has 1 heterocycles. The van der Waals surface area contributed by atoms with Gasteiger partial charge in [0.2, 0.25) is 0 Å². The average molecular weight is 417 g/mol. The molecule has 0 aromatic heterocycles. The molecule has 5 nitrogen and oxygen atoms in total. The van der Waals surface area contributed by atoms with Crippen molar-refractivity contribution in [2.75, 3.05) is 25.0 Å². The van der Waals surface area contributed by atoms with Gasteiger partial charge in [-0.1, -0.05) is 24.3 Å². The number of carbonyl (C=O) groups excluding carboxylic acids is 1. The average Bonchev–Trinajstić information content (AvgIpc) is 2.68. The topological polar surface area (TPSA) is 68.2 Å². The van der Waals surface area contributed by atoms with E-state index in [1.807, 2.05) is 13.0 Å². The van der Waals surface area contributed by atoms with Crippen molar-refractivity contribution >= 4 is 23.2 Å². The molecule has 1 amide bonds. The van der Waals surface area contributed by atoms with Crippen molar-refractivity contribution in [1.82, 2.24) is 10.2 Å². The number of carbonyl (C=O) groups is 1. The van der Waals surface area contributed by atoms with Gasteiger partial charge in [-0.15, -0.1) is 0 Å². The number of hydrogen-bond acceptors (Lipinski definition) is 4. The lowest BCUT2D eigenvalue weighted by molar-refractivity contribution is -0.112. The fourth-order valence-corrected chi connectivity index (χ4v) is 3.32. The predicted octanol–water partition coefficient (Wildman–Crippen LogP) is 4.26. The van der Waals surface area contributed by atoms with Crippen molar-refractivity contribution in [1.29, 1.82) is 5.26 Å². The second-order valence-corrected chi connectivity index (χ2v) is 7.67. The standard InChI is InChI=1S/C22H26ClFN4O/c1-14(5-6-20(24)15(2)11-25)22(29)27-21-10-19(23)9-18(17(21)4)13-28-8-7-26-16(3)12-28/h5-6,9-10,16,26H,2,7-8,12-13H2,1,3-4H3,(H,27,29)/b14-5+,20-6+/t16-/m0/s1. The second-order valence-electron chi connectivity index (χ2n) is 7.24. The fraction of sp³-hybridized carbons (Fsp3) is 0.364. The van der Waals surface area contributed by atoms with E-state index in [2.05, 4.69) is 29.0 Å². The minimum atomic E-state index is -0.772. The minimum Gasteiger partial charge on any atom is -0.322 e. The van der Waals surface area contributed by atoms with Gasteiger partial charge in [-0.2, -0.15) is 5.26 Å². The lowest BCUT2D eigenvalue weighted by atomic mass is 10.0. The SMILES string of the molecule is C=C(C#N)/C(F)=C\C=C(/C)C(=O)Nc1cc(Cl)cc(CN2CCN[C@@H](C)C2)c1C. The van der Waals surface area contributed by atoms with E-state index in [9.17, 15) is 9.18 Å². The summed E-state index contributed by atoms with van der Waals surface area (Å²) in [5.74, 6) is -1.14. The largest absolute Gasteiger partial charge is 0.322 e. The maximum absolute atomic E-state index is 13.6. The summed E-state index contributed by atoms with van der Waals surface area (Å²) in [7, 11) is 0. The van der Waals surface area contributed by atoms with E-state index in [0.717, 1.165) is 43.4 Å². The van der Waals surface area contributed by atoms with Crippen molar-refractivity contribution in [3.8, 4) is 6.07 Å². The Hall–Kier alpha value is -2.46. The summed E-state index contributed by atoms with van der Waals surface area (Å²) >= 11 is 6.29. The summed E-state index contributed by atoms with van der Waals surface area (Å²) < 4.78 is 13.6. The number of nitrogens with zero attached hydrogens (tertiary/aromatic N) is 2. The fourth-order valence-electron chi connectivity index (χ4n) is 3.07. The number of allylic oxidation sites excluding steroid dienone is 4. The molecule has 7 heteroatoms. The highest BCUT2D eigenvalue weighted by atomic mass is 35.5. The van der Waals surface area contributed by atoms with E-state index >= 15 is 0 Å². The molecule has 1 aliphatic heterocycles. The lowest BCUT2D eigenvalue weighted by Gasteiger charge is -2.32. The zero-order valence-electron chi connectivity index (χ0n) is 17.0. The molecule has 1 aromatic carbocycles. The molecule has 154 valence electrons. The summed E-state index contributed by atoms with van der Waals surface area (Å²) in [6.07, 6.45) is 2.37. The van der Waals surface area contributed by atoms with Crippen LogP contribution < -0.4 is 10.6 Å². The number of hydrogen-bond donors (Lipinski definition) is 2. The van der Waals surface area contributed by atoms with Crippen molar-refractivity contribution < 1.29 is 9.18 Å². The first-order valence-corrected chi connectivity index (χ1v) is 9.78. The first-order valence-electron chi connectivity index (χ1n) is 9.40. The van der Waals surface area contributed by atoms with Gasteiger partial charge < -0.3 is 10.6 Å². The number of halogens is 2. The van der Waals surface area contributed by atoms with Gasteiger partial charge in [0.25, 0.3) is 5.91 Å². The van der Waals surface area contributed by atoms with Crippen LogP contribution in [0.15, 0.2) is 47.8 Å². The minimum absolute atomic E-state index is 0.285. The number of amides is 1. The molecule has 0 spiro atoms. The third-order valence-electron chi connectivity index (χ3n) is 4.84. The molecular formula is C22H26ClFN4O. The van der Waals surface area contributed by atoms with Crippen molar-refractivity contribution in [2.45, 2.75) is 33.4 Å². The van der Waals surface area contributed by atoms with Gasteiger partial charge in [-0.05, 0) is 50.1 Å². The first kappa shape index (κ1) is 22.8. The second kappa shape index (κ2) is 10.4. The molecule has 1 aliphatic rings. The molecule has 2 rings (SSSR count). The maximum atomic E-state index is 13.6. The Morgan fingerprint density at radius 3 is 2.90 bits per heavy atom. The Bertz CT molecular complexity index is 901. The van der Waals surface area contributed by atoms with E-state index in [-0.39, 0.29) is 11.5 Å². The highest BCUT2D eigenvalue weighted by Crippen LogP contribution is 2.27. The Morgan fingerprint density at radius 1 is 1.52 bits per heavy atom. The first-order chi connectivity index (χ1) is 13.7. The molecule has 0 bridgehead atoms. The van der Waals surface area contributed by atoms with Crippen LogP contribution in [0.5, 0.6) is 0 Å². The number of anilines is 1. The Kier molecular flexibility index (Phi) is 8.15. The van der Waals surface area contributed by atoms with E-state index in [4.69, 9.17) is 16.9 Å². The van der Waals surface area contributed by atoms with E-state index in [0.29, 0.717) is 22.3 Å². The van der Waals surface area contributed by atoms with Crippen LogP contribution in [0.1, 0.15) is 25.0 Å². The van der Waals surface area contributed by atoms with Gasteiger partial charge in [0.05, 0.1) is 5.57 Å². The number of rotatable bonds is 6. The molecule has 0 saturated carbocycles. The molecule has 29 heavy (non-hydrogen) atoms. The molecular weight excluding hydrogens is 391 g/mol. The summed E-state index contributed by atoms with van der Waals surface area (Å²) in [5.41, 5.74) is 2.63. The van der Waals surface area contributed by atoms with Gasteiger partial charge in [-0.3, -0.25) is 9.69 Å². The number of nitrogens with one attached hydrogen (secondary N) is 2. The quantitative estimate of drug-likeness (QED) is 0.413. The lowest BCUT2D eigenvalue weighted by Crippen LogP contribution is -2.48. The zero-order chi connectivity index (χ0) is 21.6. The van der Waals surface area contributed by atoms with E-state index < -0.39 is 5.83 Å². The van der Waals surface area contributed by atoms with E-state index in [1.165, 1.54) is 6.08 Å². The third-order valence-corrected chi connectivity index (χ3v) is 5.05. The Labute approximate surface area is 176 Å². The smallest absolute Gasteiger partial charge is 0.251 e. The van der Waals surface area contributed by atoms with Crippen LogP contribution in [0.4, 0.5) is 10.1 Å². The molecule has 0 radical (unpaired) electrons. The molecule has 0 aliphatic carbocycles. The van der Waals surface area contributed by atoms with Crippen LogP contribution in [-0.4, -0.2) is 36.5 Å². The molecule has 1 aromatic rings.